The van der Waals surface area contributed by atoms with Crippen LogP contribution in [0.2, 0.25) is 0 Å². The van der Waals surface area contributed by atoms with E-state index in [0.717, 1.165) is 0 Å². The second-order valence-electron chi connectivity index (χ2n) is 4.37. The number of hydrogen-bond acceptors (Lipinski definition) is 1. The third-order valence-corrected chi connectivity index (χ3v) is 2.77. The third kappa shape index (κ3) is 3.11. The van der Waals surface area contributed by atoms with Crippen LogP contribution in [0, 0.1) is 17.2 Å². The second kappa shape index (κ2) is 4.41. The monoisotopic (exact) mass is 222 g/mol. The Morgan fingerprint density at radius 2 is 2.00 bits per heavy atom. The first-order valence-electron chi connectivity index (χ1n) is 5.22. The van der Waals surface area contributed by atoms with Gasteiger partial charge in [-0.05, 0) is 12.8 Å². The molecular formula is C10H17F3N2. The highest BCUT2D eigenvalue weighted by atomic mass is 19.4. The van der Waals surface area contributed by atoms with Crippen molar-refractivity contribution in [1.82, 2.24) is 4.90 Å². The van der Waals surface area contributed by atoms with Crippen LogP contribution in [0.5, 0.6) is 0 Å². The van der Waals surface area contributed by atoms with Gasteiger partial charge < -0.3 is 4.90 Å². The van der Waals surface area contributed by atoms with Crippen molar-refractivity contribution in [3.8, 4) is 0 Å². The third-order valence-electron chi connectivity index (χ3n) is 2.77. The van der Waals surface area contributed by atoms with Crippen LogP contribution in [0.3, 0.4) is 0 Å². The number of likely N-dealkylation sites (tertiary alicyclic amines) is 1. The molecule has 1 atom stereocenters. The standard InChI is InChI=1S/C10H17F3N2/c1-7(2)9(14)15-5-3-4-8(6-15)10(11,12)13/h7-8,14H,3-6H2,1-2H3. The van der Waals surface area contributed by atoms with Crippen LogP contribution in [0.1, 0.15) is 26.7 Å². The maximum Gasteiger partial charge on any atom is 0.393 e. The lowest BCUT2D eigenvalue weighted by Crippen LogP contribution is -2.45. The second-order valence-corrected chi connectivity index (χ2v) is 4.37. The molecule has 2 nitrogen and oxygen atoms in total. The van der Waals surface area contributed by atoms with Gasteiger partial charge in [-0.1, -0.05) is 13.8 Å². The van der Waals surface area contributed by atoms with E-state index in [2.05, 4.69) is 0 Å². The summed E-state index contributed by atoms with van der Waals surface area (Å²) >= 11 is 0. The molecule has 0 spiro atoms. The molecule has 0 amide bonds. The minimum Gasteiger partial charge on any atom is -0.360 e. The summed E-state index contributed by atoms with van der Waals surface area (Å²) in [7, 11) is 0. The lowest BCUT2D eigenvalue weighted by atomic mass is 9.96. The highest BCUT2D eigenvalue weighted by Gasteiger charge is 2.42. The van der Waals surface area contributed by atoms with Crippen LogP contribution in [0.4, 0.5) is 13.2 Å². The van der Waals surface area contributed by atoms with Crippen molar-refractivity contribution in [3.05, 3.63) is 0 Å². The van der Waals surface area contributed by atoms with Gasteiger partial charge in [0.05, 0.1) is 11.8 Å². The molecule has 1 heterocycles. The fraction of sp³-hybridized carbons (Fsp3) is 0.900. The Kier molecular flexibility index (Phi) is 3.62. The van der Waals surface area contributed by atoms with Gasteiger partial charge >= 0.3 is 6.18 Å². The van der Waals surface area contributed by atoms with Gasteiger partial charge in [0.25, 0.3) is 0 Å². The number of nitrogens with one attached hydrogen (secondary N) is 1. The van der Waals surface area contributed by atoms with Crippen LogP contribution in [-0.2, 0) is 0 Å². The molecule has 1 rings (SSSR count). The van der Waals surface area contributed by atoms with Crippen molar-refractivity contribution in [2.75, 3.05) is 13.1 Å². The predicted octanol–water partition coefficient (Wildman–Crippen LogP) is 2.89. The van der Waals surface area contributed by atoms with E-state index in [4.69, 9.17) is 5.41 Å². The van der Waals surface area contributed by atoms with Crippen LogP contribution in [-0.4, -0.2) is 30.0 Å². The zero-order valence-electron chi connectivity index (χ0n) is 9.06. The van der Waals surface area contributed by atoms with Gasteiger partial charge in [-0.15, -0.1) is 0 Å². The van der Waals surface area contributed by atoms with E-state index in [9.17, 15) is 13.2 Å². The summed E-state index contributed by atoms with van der Waals surface area (Å²) in [6.07, 6.45) is -3.39. The largest absolute Gasteiger partial charge is 0.393 e. The van der Waals surface area contributed by atoms with Crippen LogP contribution >= 0.6 is 0 Å². The van der Waals surface area contributed by atoms with Gasteiger partial charge in [-0.25, -0.2) is 0 Å². The van der Waals surface area contributed by atoms with E-state index in [-0.39, 0.29) is 18.9 Å². The Hall–Kier alpha value is -0.740. The van der Waals surface area contributed by atoms with E-state index < -0.39 is 12.1 Å². The topological polar surface area (TPSA) is 27.1 Å². The normalized spacial score (nSPS) is 23.3. The fourth-order valence-corrected chi connectivity index (χ4v) is 1.83. The maximum absolute atomic E-state index is 12.5. The van der Waals surface area contributed by atoms with E-state index in [1.54, 1.807) is 4.90 Å². The number of nitrogens with zero attached hydrogens (tertiary/aromatic N) is 1. The SMILES string of the molecule is CC(C)C(=N)N1CCCC(C(F)(F)F)C1. The van der Waals surface area contributed by atoms with E-state index in [1.807, 2.05) is 13.8 Å². The zero-order valence-corrected chi connectivity index (χ0v) is 9.06. The summed E-state index contributed by atoms with van der Waals surface area (Å²) < 4.78 is 37.4. The van der Waals surface area contributed by atoms with Crippen LogP contribution in [0.25, 0.3) is 0 Å². The molecule has 0 aromatic heterocycles. The van der Waals surface area contributed by atoms with Crippen LogP contribution < -0.4 is 0 Å². The molecule has 0 radical (unpaired) electrons. The van der Waals surface area contributed by atoms with Crippen molar-refractivity contribution in [2.45, 2.75) is 32.9 Å². The highest BCUT2D eigenvalue weighted by Crippen LogP contribution is 2.33. The minimum atomic E-state index is -4.12. The van der Waals surface area contributed by atoms with E-state index in [0.29, 0.717) is 18.8 Å². The summed E-state index contributed by atoms with van der Waals surface area (Å²) in [5.41, 5.74) is 0. The van der Waals surface area contributed by atoms with Gasteiger partial charge in [0, 0.05) is 19.0 Å². The molecule has 5 heteroatoms. The van der Waals surface area contributed by atoms with Gasteiger partial charge in [0.2, 0.25) is 0 Å². The van der Waals surface area contributed by atoms with Gasteiger partial charge in [0.1, 0.15) is 0 Å². The molecule has 1 aliphatic heterocycles. The summed E-state index contributed by atoms with van der Waals surface area (Å²) in [5, 5.41) is 7.69. The first kappa shape index (κ1) is 12.3. The Bertz CT molecular complexity index is 235. The molecule has 1 N–H and O–H groups in total. The van der Waals surface area contributed by atoms with Crippen molar-refractivity contribution in [3.63, 3.8) is 0 Å². The molecular weight excluding hydrogens is 205 g/mol. The highest BCUT2D eigenvalue weighted by molar-refractivity contribution is 5.81. The first-order valence-corrected chi connectivity index (χ1v) is 5.22. The molecule has 1 aliphatic rings. The number of hydrogen-bond donors (Lipinski definition) is 1. The van der Waals surface area contributed by atoms with Crippen molar-refractivity contribution in [2.24, 2.45) is 11.8 Å². The molecule has 0 bridgehead atoms. The molecule has 1 unspecified atom stereocenters. The fourth-order valence-electron chi connectivity index (χ4n) is 1.83. The molecule has 0 aliphatic carbocycles. The average Bonchev–Trinajstić information content (AvgIpc) is 2.15. The molecule has 0 aromatic rings. The lowest BCUT2D eigenvalue weighted by Gasteiger charge is -2.36. The number of alkyl halides is 3. The van der Waals surface area contributed by atoms with Crippen molar-refractivity contribution in [1.29, 1.82) is 5.41 Å². The van der Waals surface area contributed by atoms with Gasteiger partial charge in [-0.3, -0.25) is 5.41 Å². The Balaban J connectivity index is 2.60. The van der Waals surface area contributed by atoms with Crippen LogP contribution in [0.15, 0.2) is 0 Å². The minimum absolute atomic E-state index is 0.00279. The van der Waals surface area contributed by atoms with Crippen molar-refractivity contribution < 1.29 is 13.2 Å². The molecule has 1 fully saturated rings. The predicted molar refractivity (Wildman–Crippen MR) is 52.9 cm³/mol. The quantitative estimate of drug-likeness (QED) is 0.536. The average molecular weight is 222 g/mol. The number of rotatable bonds is 1. The molecule has 1 saturated heterocycles. The summed E-state index contributed by atoms with van der Waals surface area (Å²) in [6.45, 7) is 4.21. The van der Waals surface area contributed by atoms with Gasteiger partial charge in [0.15, 0.2) is 0 Å². The summed E-state index contributed by atoms with van der Waals surface area (Å²) in [4.78, 5) is 1.56. The number of amidine groups is 1. The molecule has 0 aromatic carbocycles. The Morgan fingerprint density at radius 3 is 2.47 bits per heavy atom. The first-order chi connectivity index (χ1) is 6.82. The maximum atomic E-state index is 12.5. The molecule has 0 saturated carbocycles. The van der Waals surface area contributed by atoms with Gasteiger partial charge in [-0.2, -0.15) is 13.2 Å². The number of halogens is 3. The zero-order chi connectivity index (χ0) is 11.6. The Labute approximate surface area is 88.0 Å². The summed E-state index contributed by atoms with van der Waals surface area (Å²) in [6, 6.07) is 0. The molecule has 15 heavy (non-hydrogen) atoms. The van der Waals surface area contributed by atoms with E-state index in [1.165, 1.54) is 0 Å². The van der Waals surface area contributed by atoms with E-state index >= 15 is 0 Å². The lowest BCUT2D eigenvalue weighted by molar-refractivity contribution is -0.183. The van der Waals surface area contributed by atoms with Crippen molar-refractivity contribution >= 4 is 5.84 Å². The Morgan fingerprint density at radius 1 is 1.40 bits per heavy atom. The molecule has 88 valence electrons. The smallest absolute Gasteiger partial charge is 0.360 e. The summed E-state index contributed by atoms with van der Waals surface area (Å²) in [5.74, 6) is -0.939. The number of piperidine rings is 1.